The summed E-state index contributed by atoms with van der Waals surface area (Å²) in [6.45, 7) is 10.3. The molecule has 1 aromatic heterocycles. The molecule has 146 valence electrons. The fourth-order valence-corrected chi connectivity index (χ4v) is 4.50. The molecular formula is C19H32N4O2S. The van der Waals surface area contributed by atoms with Gasteiger partial charge in [-0.3, -0.25) is 9.80 Å². The molecule has 0 bridgehead atoms. The fourth-order valence-electron chi connectivity index (χ4n) is 3.63. The molecule has 26 heavy (non-hydrogen) atoms. The zero-order chi connectivity index (χ0) is 18.2. The highest BCUT2D eigenvalue weighted by Gasteiger charge is 2.25. The number of likely N-dealkylation sites (tertiary alicyclic amines) is 1. The molecule has 6 nitrogen and oxygen atoms in total. The van der Waals surface area contributed by atoms with Gasteiger partial charge in [0.2, 0.25) is 0 Å². The highest BCUT2D eigenvalue weighted by molar-refractivity contribution is 7.10. The molecule has 2 aliphatic rings. The van der Waals surface area contributed by atoms with Gasteiger partial charge in [0.15, 0.2) is 0 Å². The lowest BCUT2D eigenvalue weighted by Crippen LogP contribution is -2.46. The summed E-state index contributed by atoms with van der Waals surface area (Å²) in [6, 6.07) is 4.51. The normalized spacial score (nSPS) is 21.4. The van der Waals surface area contributed by atoms with Crippen molar-refractivity contribution in [3.05, 3.63) is 22.4 Å². The Kier molecular flexibility index (Phi) is 7.73. The first-order valence-corrected chi connectivity index (χ1v) is 10.7. The van der Waals surface area contributed by atoms with Crippen LogP contribution in [-0.4, -0.2) is 74.9 Å². The zero-order valence-corrected chi connectivity index (χ0v) is 16.6. The summed E-state index contributed by atoms with van der Waals surface area (Å²) in [7, 11) is 0. The number of thiophene rings is 1. The number of piperidine rings is 1. The van der Waals surface area contributed by atoms with Crippen LogP contribution in [0.1, 0.15) is 30.7 Å². The number of nitrogens with one attached hydrogen (secondary N) is 2. The van der Waals surface area contributed by atoms with E-state index in [2.05, 4.69) is 44.9 Å². The van der Waals surface area contributed by atoms with Crippen LogP contribution >= 0.6 is 11.3 Å². The van der Waals surface area contributed by atoms with Crippen LogP contribution in [0.3, 0.4) is 0 Å². The van der Waals surface area contributed by atoms with Crippen molar-refractivity contribution in [2.75, 3.05) is 59.0 Å². The summed E-state index contributed by atoms with van der Waals surface area (Å²) >= 11 is 1.78. The van der Waals surface area contributed by atoms with Crippen molar-refractivity contribution in [1.82, 2.24) is 20.4 Å². The first-order chi connectivity index (χ1) is 12.7. The van der Waals surface area contributed by atoms with Gasteiger partial charge < -0.3 is 15.4 Å². The zero-order valence-electron chi connectivity index (χ0n) is 15.8. The van der Waals surface area contributed by atoms with Crippen LogP contribution in [0.4, 0.5) is 4.79 Å². The van der Waals surface area contributed by atoms with Gasteiger partial charge in [-0.05, 0) is 43.3 Å². The van der Waals surface area contributed by atoms with Crippen molar-refractivity contribution in [3.63, 3.8) is 0 Å². The van der Waals surface area contributed by atoms with E-state index >= 15 is 0 Å². The maximum atomic E-state index is 12.2. The highest BCUT2D eigenvalue weighted by Crippen LogP contribution is 2.28. The maximum absolute atomic E-state index is 12.2. The summed E-state index contributed by atoms with van der Waals surface area (Å²) in [5, 5.41) is 8.20. The second kappa shape index (κ2) is 10.3. The molecule has 7 heteroatoms. The molecular weight excluding hydrogens is 348 g/mol. The van der Waals surface area contributed by atoms with Crippen LogP contribution < -0.4 is 10.6 Å². The molecule has 3 heterocycles. The van der Waals surface area contributed by atoms with Crippen molar-refractivity contribution in [2.45, 2.75) is 25.8 Å². The SMILES string of the molecule is CC1CCN(C(CNC(=O)NCCN2CCOCC2)c2cccs2)CC1. The Morgan fingerprint density at radius 2 is 2.04 bits per heavy atom. The summed E-state index contributed by atoms with van der Waals surface area (Å²) in [5.41, 5.74) is 0. The van der Waals surface area contributed by atoms with Gasteiger partial charge in [-0.1, -0.05) is 13.0 Å². The first-order valence-electron chi connectivity index (χ1n) is 9.81. The van der Waals surface area contributed by atoms with Crippen LogP contribution in [0.2, 0.25) is 0 Å². The fraction of sp³-hybridized carbons (Fsp3) is 0.737. The summed E-state index contributed by atoms with van der Waals surface area (Å²) < 4.78 is 5.35. The van der Waals surface area contributed by atoms with Gasteiger partial charge in [-0.2, -0.15) is 0 Å². The minimum atomic E-state index is -0.0646. The second-order valence-corrected chi connectivity index (χ2v) is 8.32. The van der Waals surface area contributed by atoms with Crippen molar-refractivity contribution in [3.8, 4) is 0 Å². The maximum Gasteiger partial charge on any atom is 0.314 e. The van der Waals surface area contributed by atoms with E-state index in [9.17, 15) is 4.79 Å². The molecule has 3 rings (SSSR count). The van der Waals surface area contributed by atoms with E-state index in [1.807, 2.05) is 0 Å². The largest absolute Gasteiger partial charge is 0.379 e. The molecule has 2 amide bonds. The Hall–Kier alpha value is -1.15. The molecule has 0 aromatic carbocycles. The van der Waals surface area contributed by atoms with Gasteiger partial charge in [0.1, 0.15) is 0 Å². The molecule has 0 aliphatic carbocycles. The smallest absolute Gasteiger partial charge is 0.314 e. The average molecular weight is 381 g/mol. The van der Waals surface area contributed by atoms with Crippen molar-refractivity contribution >= 4 is 17.4 Å². The van der Waals surface area contributed by atoms with E-state index in [1.54, 1.807) is 11.3 Å². The van der Waals surface area contributed by atoms with Crippen LogP contribution in [0, 0.1) is 5.92 Å². The number of ether oxygens (including phenoxy) is 1. The van der Waals surface area contributed by atoms with Gasteiger partial charge in [0.25, 0.3) is 0 Å². The quantitative estimate of drug-likeness (QED) is 0.761. The Balaban J connectivity index is 1.42. The third-order valence-electron chi connectivity index (χ3n) is 5.40. The predicted molar refractivity (Wildman–Crippen MR) is 106 cm³/mol. The van der Waals surface area contributed by atoms with Crippen molar-refractivity contribution in [2.24, 2.45) is 5.92 Å². The molecule has 1 unspecified atom stereocenters. The molecule has 1 aromatic rings. The average Bonchev–Trinajstić information content (AvgIpc) is 3.19. The minimum Gasteiger partial charge on any atom is -0.379 e. The summed E-state index contributed by atoms with van der Waals surface area (Å²) in [5.74, 6) is 0.812. The predicted octanol–water partition coefficient (Wildman–Crippen LogP) is 2.15. The number of rotatable bonds is 7. The van der Waals surface area contributed by atoms with Crippen LogP contribution in [0.5, 0.6) is 0 Å². The molecule has 0 spiro atoms. The molecule has 2 saturated heterocycles. The van der Waals surface area contributed by atoms with Gasteiger partial charge >= 0.3 is 6.03 Å². The van der Waals surface area contributed by atoms with Crippen molar-refractivity contribution in [1.29, 1.82) is 0 Å². The number of carbonyl (C=O) groups is 1. The lowest BCUT2D eigenvalue weighted by molar-refractivity contribution is 0.0387. The Bertz CT molecular complexity index is 526. The topological polar surface area (TPSA) is 56.8 Å². The molecule has 2 aliphatic heterocycles. The summed E-state index contributed by atoms with van der Waals surface area (Å²) in [6.07, 6.45) is 2.49. The number of carbonyl (C=O) groups excluding carboxylic acids is 1. The number of amides is 2. The summed E-state index contributed by atoms with van der Waals surface area (Å²) in [4.78, 5) is 18.4. The monoisotopic (exact) mass is 380 g/mol. The standard InChI is InChI=1S/C19H32N4O2S/c1-16-4-7-23(8-5-16)17(18-3-2-14-26-18)15-21-19(24)20-6-9-22-10-12-25-13-11-22/h2-3,14,16-17H,4-13,15H2,1H3,(H2,20,21,24). The molecule has 2 N–H and O–H groups in total. The van der Waals surface area contributed by atoms with Gasteiger partial charge in [-0.15, -0.1) is 11.3 Å². The lowest BCUT2D eigenvalue weighted by atomic mass is 9.97. The van der Waals surface area contributed by atoms with E-state index in [4.69, 9.17) is 4.74 Å². The first kappa shape index (κ1) is 19.6. The minimum absolute atomic E-state index is 0.0646. The van der Waals surface area contributed by atoms with Gasteiger partial charge in [-0.25, -0.2) is 4.79 Å². The molecule has 1 atom stereocenters. The second-order valence-electron chi connectivity index (χ2n) is 7.34. The Labute approximate surface area is 160 Å². The van der Waals surface area contributed by atoms with Crippen LogP contribution in [0.25, 0.3) is 0 Å². The number of nitrogens with zero attached hydrogens (tertiary/aromatic N) is 2. The van der Waals surface area contributed by atoms with Crippen LogP contribution in [-0.2, 0) is 4.74 Å². The third kappa shape index (κ3) is 5.94. The van der Waals surface area contributed by atoms with E-state index < -0.39 is 0 Å². The van der Waals surface area contributed by atoms with Gasteiger partial charge in [0, 0.05) is 37.6 Å². The molecule has 0 radical (unpaired) electrons. The molecule has 2 fully saturated rings. The number of hydrogen-bond acceptors (Lipinski definition) is 5. The van der Waals surface area contributed by atoms with Gasteiger partial charge in [0.05, 0.1) is 19.3 Å². The van der Waals surface area contributed by atoms with Crippen molar-refractivity contribution < 1.29 is 9.53 Å². The third-order valence-corrected chi connectivity index (χ3v) is 6.38. The lowest BCUT2D eigenvalue weighted by Gasteiger charge is -2.36. The number of hydrogen-bond donors (Lipinski definition) is 2. The van der Waals surface area contributed by atoms with E-state index in [0.717, 1.165) is 51.9 Å². The Morgan fingerprint density at radius 1 is 1.27 bits per heavy atom. The number of morpholine rings is 1. The number of urea groups is 1. The molecule has 0 saturated carbocycles. The van der Waals surface area contributed by atoms with Crippen LogP contribution in [0.15, 0.2) is 17.5 Å². The highest BCUT2D eigenvalue weighted by atomic mass is 32.1. The van der Waals surface area contributed by atoms with E-state index in [0.29, 0.717) is 13.1 Å². The van der Waals surface area contributed by atoms with E-state index in [1.165, 1.54) is 17.7 Å². The Morgan fingerprint density at radius 3 is 2.73 bits per heavy atom. The van der Waals surface area contributed by atoms with E-state index in [-0.39, 0.29) is 12.1 Å².